The van der Waals surface area contributed by atoms with Gasteiger partial charge in [-0.3, -0.25) is 9.59 Å². The van der Waals surface area contributed by atoms with Crippen molar-refractivity contribution in [2.24, 2.45) is 0 Å². The van der Waals surface area contributed by atoms with Gasteiger partial charge in [0.2, 0.25) is 0 Å². The average molecular weight is 491 g/mol. The molecular formula is C26H28Cl2O3S. The third kappa shape index (κ3) is 7.40. The summed E-state index contributed by atoms with van der Waals surface area (Å²) in [7, 11) is 0. The minimum Gasteiger partial charge on any atom is -0.488 e. The van der Waals surface area contributed by atoms with Crippen molar-refractivity contribution in [1.82, 2.24) is 0 Å². The SMILES string of the molecule is C.CC.CC(=O)S/C(=C\c1c(OCc2ccc(Cl)cc2Cl)ccc2ccccc12)C(C)=O. The number of rotatable bonds is 6. The molecular weight excluding hydrogens is 463 g/mol. The summed E-state index contributed by atoms with van der Waals surface area (Å²) in [4.78, 5) is 24.0. The van der Waals surface area contributed by atoms with Gasteiger partial charge in [0.1, 0.15) is 12.4 Å². The molecule has 0 fully saturated rings. The molecule has 0 aliphatic carbocycles. The van der Waals surface area contributed by atoms with Gasteiger partial charge in [-0.15, -0.1) is 0 Å². The molecule has 0 saturated heterocycles. The van der Waals surface area contributed by atoms with E-state index in [1.54, 1.807) is 18.2 Å². The van der Waals surface area contributed by atoms with Crippen molar-refractivity contribution in [3.05, 3.63) is 80.7 Å². The Balaban J connectivity index is 0.00000166. The van der Waals surface area contributed by atoms with Crippen LogP contribution in [-0.2, 0) is 16.2 Å². The largest absolute Gasteiger partial charge is 0.488 e. The zero-order valence-corrected chi connectivity index (χ0v) is 20.2. The van der Waals surface area contributed by atoms with Gasteiger partial charge in [-0.1, -0.05) is 80.9 Å². The van der Waals surface area contributed by atoms with E-state index in [0.717, 1.165) is 33.7 Å². The lowest BCUT2D eigenvalue weighted by molar-refractivity contribution is -0.113. The molecule has 3 nitrogen and oxygen atoms in total. The first-order valence-corrected chi connectivity index (χ1v) is 11.4. The molecule has 0 aliphatic heterocycles. The molecule has 32 heavy (non-hydrogen) atoms. The number of fused-ring (bicyclic) bond motifs is 1. The molecule has 3 aromatic carbocycles. The van der Waals surface area contributed by atoms with Crippen LogP contribution in [-0.4, -0.2) is 10.9 Å². The molecule has 170 valence electrons. The fourth-order valence-electron chi connectivity index (χ4n) is 2.83. The number of carbonyl (C=O) groups is 2. The summed E-state index contributed by atoms with van der Waals surface area (Å²) in [5.41, 5.74) is 1.54. The van der Waals surface area contributed by atoms with Crippen molar-refractivity contribution in [1.29, 1.82) is 0 Å². The fraction of sp³-hybridized carbons (Fsp3) is 0.231. The van der Waals surface area contributed by atoms with E-state index in [1.807, 2.05) is 56.3 Å². The topological polar surface area (TPSA) is 43.4 Å². The maximum absolute atomic E-state index is 12.1. The maximum Gasteiger partial charge on any atom is 0.190 e. The summed E-state index contributed by atoms with van der Waals surface area (Å²) in [6.45, 7) is 7.12. The minimum absolute atomic E-state index is 0. The summed E-state index contributed by atoms with van der Waals surface area (Å²) in [6, 6.07) is 16.9. The van der Waals surface area contributed by atoms with Gasteiger partial charge in [0.05, 0.1) is 4.91 Å². The van der Waals surface area contributed by atoms with Crippen LogP contribution < -0.4 is 4.74 Å². The number of halogens is 2. The Morgan fingerprint density at radius 1 is 1.00 bits per heavy atom. The number of hydrogen-bond donors (Lipinski definition) is 0. The Labute approximate surface area is 204 Å². The van der Waals surface area contributed by atoms with Gasteiger partial charge in [0.25, 0.3) is 0 Å². The second-order valence-electron chi connectivity index (χ2n) is 6.38. The molecule has 0 spiro atoms. The highest BCUT2D eigenvalue weighted by Gasteiger charge is 2.14. The number of allylic oxidation sites excluding steroid dienone is 1. The van der Waals surface area contributed by atoms with Crippen LogP contribution in [0.1, 0.15) is 46.2 Å². The molecule has 0 heterocycles. The lowest BCUT2D eigenvalue weighted by Crippen LogP contribution is -2.00. The molecule has 0 saturated carbocycles. The van der Waals surface area contributed by atoms with Crippen LogP contribution in [0.5, 0.6) is 5.75 Å². The predicted molar refractivity (Wildman–Crippen MR) is 140 cm³/mol. The second kappa shape index (κ2) is 13.3. The first kappa shape index (κ1) is 27.8. The summed E-state index contributed by atoms with van der Waals surface area (Å²) in [5.74, 6) is 0.419. The van der Waals surface area contributed by atoms with Crippen molar-refractivity contribution in [3.63, 3.8) is 0 Å². The van der Waals surface area contributed by atoms with Crippen molar-refractivity contribution in [3.8, 4) is 5.75 Å². The van der Waals surface area contributed by atoms with Gasteiger partial charge in [-0.05, 0) is 53.7 Å². The molecule has 0 radical (unpaired) electrons. The van der Waals surface area contributed by atoms with Gasteiger partial charge in [0.15, 0.2) is 10.9 Å². The van der Waals surface area contributed by atoms with Crippen molar-refractivity contribution >= 4 is 62.7 Å². The smallest absolute Gasteiger partial charge is 0.190 e. The summed E-state index contributed by atoms with van der Waals surface area (Å²) in [5, 5.41) is 2.86. The molecule has 0 bridgehead atoms. The summed E-state index contributed by atoms with van der Waals surface area (Å²) < 4.78 is 6.06. The van der Waals surface area contributed by atoms with Gasteiger partial charge in [-0.25, -0.2) is 0 Å². The summed E-state index contributed by atoms with van der Waals surface area (Å²) in [6.07, 6.45) is 1.72. The van der Waals surface area contributed by atoms with E-state index in [-0.39, 0.29) is 24.9 Å². The van der Waals surface area contributed by atoms with E-state index >= 15 is 0 Å². The van der Waals surface area contributed by atoms with Gasteiger partial charge in [0, 0.05) is 28.1 Å². The zero-order chi connectivity index (χ0) is 23.0. The van der Waals surface area contributed by atoms with Crippen LogP contribution in [0.25, 0.3) is 16.8 Å². The first-order valence-electron chi connectivity index (χ1n) is 9.84. The fourth-order valence-corrected chi connectivity index (χ4v) is 3.93. The first-order chi connectivity index (χ1) is 14.8. The van der Waals surface area contributed by atoms with E-state index < -0.39 is 0 Å². The number of ether oxygens (including phenoxy) is 1. The molecule has 0 aliphatic rings. The Kier molecular flexibility index (Phi) is 11.6. The van der Waals surface area contributed by atoms with Crippen molar-refractivity contribution in [2.75, 3.05) is 0 Å². The standard InChI is InChI=1S/C23H18Cl2O3S.C2H6.CH4/c1-14(26)23(29-15(2)27)12-20-19-6-4-3-5-16(19)8-10-22(20)28-13-17-7-9-18(24)11-21(17)25;1-2;/h3-12H,13H2,1-2H3;1-2H3;1H4/b23-12-;;. The van der Waals surface area contributed by atoms with Crippen LogP contribution in [0.15, 0.2) is 59.5 Å². The minimum atomic E-state index is -0.176. The van der Waals surface area contributed by atoms with Crippen LogP contribution in [0.3, 0.4) is 0 Å². The Bertz CT molecular complexity index is 1120. The van der Waals surface area contributed by atoms with E-state index in [1.165, 1.54) is 13.8 Å². The van der Waals surface area contributed by atoms with Gasteiger partial charge < -0.3 is 4.74 Å². The Morgan fingerprint density at radius 3 is 2.31 bits per heavy atom. The predicted octanol–water partition coefficient (Wildman–Crippen LogP) is 8.60. The third-order valence-corrected chi connectivity index (χ3v) is 5.70. The zero-order valence-electron chi connectivity index (χ0n) is 17.9. The molecule has 0 N–H and O–H groups in total. The van der Waals surface area contributed by atoms with Crippen molar-refractivity contribution < 1.29 is 14.3 Å². The molecule has 6 heteroatoms. The maximum atomic E-state index is 12.1. The Hall–Kier alpha value is -2.27. The van der Waals surface area contributed by atoms with E-state index in [0.29, 0.717) is 20.7 Å². The molecule has 0 amide bonds. The van der Waals surface area contributed by atoms with Crippen LogP contribution >= 0.6 is 35.0 Å². The number of thioether (sulfide) groups is 1. The highest BCUT2D eigenvalue weighted by Crippen LogP contribution is 2.33. The normalized spacial score (nSPS) is 10.6. The van der Waals surface area contributed by atoms with E-state index in [2.05, 4.69) is 0 Å². The lowest BCUT2D eigenvalue weighted by Gasteiger charge is -2.14. The molecule has 0 atom stereocenters. The molecule has 0 aromatic heterocycles. The molecule has 3 aromatic rings. The number of benzene rings is 3. The number of Topliss-reactive ketones (excluding diaryl/α,β-unsaturated/α-hetero) is 1. The van der Waals surface area contributed by atoms with E-state index in [9.17, 15) is 9.59 Å². The molecule has 3 rings (SSSR count). The van der Waals surface area contributed by atoms with Crippen LogP contribution in [0, 0.1) is 0 Å². The number of ketones is 1. The summed E-state index contributed by atoms with van der Waals surface area (Å²) >= 11 is 13.1. The van der Waals surface area contributed by atoms with Gasteiger partial charge in [-0.2, -0.15) is 0 Å². The van der Waals surface area contributed by atoms with Crippen LogP contribution in [0.2, 0.25) is 10.0 Å². The number of carbonyl (C=O) groups excluding carboxylic acids is 2. The van der Waals surface area contributed by atoms with Crippen LogP contribution in [0.4, 0.5) is 0 Å². The second-order valence-corrected chi connectivity index (χ2v) is 8.44. The third-order valence-electron chi connectivity index (χ3n) is 4.21. The highest BCUT2D eigenvalue weighted by molar-refractivity contribution is 8.17. The lowest BCUT2D eigenvalue weighted by atomic mass is 10.0. The highest BCUT2D eigenvalue weighted by atomic mass is 35.5. The number of hydrogen-bond acceptors (Lipinski definition) is 4. The van der Waals surface area contributed by atoms with Crippen molar-refractivity contribution in [2.45, 2.75) is 41.7 Å². The Morgan fingerprint density at radius 2 is 1.69 bits per heavy atom. The quantitative estimate of drug-likeness (QED) is 0.324. The average Bonchev–Trinajstić information content (AvgIpc) is 2.74. The van der Waals surface area contributed by atoms with E-state index in [4.69, 9.17) is 27.9 Å². The molecule has 0 unspecified atom stereocenters. The monoisotopic (exact) mass is 490 g/mol. The van der Waals surface area contributed by atoms with Gasteiger partial charge >= 0.3 is 0 Å².